The SMILES string of the molecule is O=C(NC1CCCCC1)[C@H]1COc2ccccc2O1. The van der Waals surface area contributed by atoms with Gasteiger partial charge < -0.3 is 14.8 Å². The Balaban J connectivity index is 1.59. The molecule has 1 saturated carbocycles. The number of carbonyl (C=O) groups excluding carboxylic acids is 1. The van der Waals surface area contributed by atoms with E-state index in [0.29, 0.717) is 17.5 Å². The van der Waals surface area contributed by atoms with E-state index in [1.54, 1.807) is 0 Å². The van der Waals surface area contributed by atoms with E-state index in [9.17, 15) is 4.79 Å². The van der Waals surface area contributed by atoms with Crippen molar-refractivity contribution in [2.75, 3.05) is 6.61 Å². The summed E-state index contributed by atoms with van der Waals surface area (Å²) in [6.45, 7) is 0.287. The van der Waals surface area contributed by atoms with Gasteiger partial charge in [0.15, 0.2) is 11.5 Å². The van der Waals surface area contributed by atoms with Crippen molar-refractivity contribution in [1.29, 1.82) is 0 Å². The first kappa shape index (κ1) is 12.3. The molecular formula is C15H19NO3. The van der Waals surface area contributed by atoms with Crippen LogP contribution >= 0.6 is 0 Å². The molecule has 19 heavy (non-hydrogen) atoms. The Morgan fingerprint density at radius 2 is 1.84 bits per heavy atom. The molecule has 0 spiro atoms. The molecule has 1 aromatic carbocycles. The summed E-state index contributed by atoms with van der Waals surface area (Å²) < 4.78 is 11.3. The molecule has 2 aliphatic rings. The Kier molecular flexibility index (Phi) is 3.58. The zero-order valence-corrected chi connectivity index (χ0v) is 10.9. The van der Waals surface area contributed by atoms with Crippen molar-refractivity contribution in [2.24, 2.45) is 0 Å². The van der Waals surface area contributed by atoms with Gasteiger partial charge in [-0.15, -0.1) is 0 Å². The molecule has 3 rings (SSSR count). The molecule has 4 heteroatoms. The average Bonchev–Trinajstić information content (AvgIpc) is 2.48. The number of rotatable bonds is 2. The Hall–Kier alpha value is -1.71. The van der Waals surface area contributed by atoms with Gasteiger partial charge in [-0.2, -0.15) is 0 Å². The summed E-state index contributed by atoms with van der Waals surface area (Å²) in [6.07, 6.45) is 5.32. The van der Waals surface area contributed by atoms with E-state index in [1.165, 1.54) is 19.3 Å². The summed E-state index contributed by atoms with van der Waals surface area (Å²) in [4.78, 5) is 12.2. The predicted octanol–water partition coefficient (Wildman–Crippen LogP) is 2.28. The van der Waals surface area contributed by atoms with Gasteiger partial charge in [-0.25, -0.2) is 0 Å². The summed E-state index contributed by atoms with van der Waals surface area (Å²) in [5.41, 5.74) is 0. The molecule has 4 nitrogen and oxygen atoms in total. The van der Waals surface area contributed by atoms with Gasteiger partial charge in [0.2, 0.25) is 6.10 Å². The first-order chi connectivity index (χ1) is 9.33. The van der Waals surface area contributed by atoms with Gasteiger partial charge in [-0.05, 0) is 25.0 Å². The van der Waals surface area contributed by atoms with Crippen LogP contribution in [0.2, 0.25) is 0 Å². The molecule has 0 saturated heterocycles. The van der Waals surface area contributed by atoms with E-state index in [4.69, 9.17) is 9.47 Å². The number of hydrogen-bond donors (Lipinski definition) is 1. The zero-order valence-electron chi connectivity index (χ0n) is 10.9. The number of para-hydroxylation sites is 2. The monoisotopic (exact) mass is 261 g/mol. The van der Waals surface area contributed by atoms with Gasteiger partial charge >= 0.3 is 0 Å². The lowest BCUT2D eigenvalue weighted by Crippen LogP contribution is -2.48. The largest absolute Gasteiger partial charge is 0.485 e. The zero-order chi connectivity index (χ0) is 13.1. The number of nitrogens with one attached hydrogen (secondary N) is 1. The maximum atomic E-state index is 12.2. The van der Waals surface area contributed by atoms with Gasteiger partial charge in [0, 0.05) is 6.04 Å². The summed E-state index contributed by atoms with van der Waals surface area (Å²) in [5.74, 6) is 1.31. The highest BCUT2D eigenvalue weighted by molar-refractivity contribution is 5.82. The summed E-state index contributed by atoms with van der Waals surface area (Å²) in [7, 11) is 0. The molecule has 0 aromatic heterocycles. The van der Waals surface area contributed by atoms with Gasteiger partial charge in [0.25, 0.3) is 5.91 Å². The van der Waals surface area contributed by atoms with Crippen molar-refractivity contribution in [3.63, 3.8) is 0 Å². The maximum Gasteiger partial charge on any atom is 0.264 e. The van der Waals surface area contributed by atoms with E-state index in [0.717, 1.165) is 12.8 Å². The van der Waals surface area contributed by atoms with Crippen LogP contribution in [0.4, 0.5) is 0 Å². The highest BCUT2D eigenvalue weighted by Gasteiger charge is 2.28. The second-order valence-electron chi connectivity index (χ2n) is 5.21. The number of amides is 1. The Morgan fingerprint density at radius 3 is 2.63 bits per heavy atom. The van der Waals surface area contributed by atoms with Crippen molar-refractivity contribution in [3.8, 4) is 11.5 Å². The van der Waals surface area contributed by atoms with Crippen LogP contribution in [-0.2, 0) is 4.79 Å². The fraction of sp³-hybridized carbons (Fsp3) is 0.533. The summed E-state index contributed by atoms with van der Waals surface area (Å²) in [6, 6.07) is 7.76. The smallest absolute Gasteiger partial charge is 0.264 e. The lowest BCUT2D eigenvalue weighted by atomic mass is 9.95. The molecule has 0 radical (unpaired) electrons. The average molecular weight is 261 g/mol. The Morgan fingerprint density at radius 1 is 1.11 bits per heavy atom. The lowest BCUT2D eigenvalue weighted by Gasteiger charge is -2.28. The van der Waals surface area contributed by atoms with Crippen LogP contribution in [0.25, 0.3) is 0 Å². The topological polar surface area (TPSA) is 47.6 Å². The minimum atomic E-state index is -0.531. The standard InChI is InChI=1S/C15H19NO3/c17-15(16-11-6-2-1-3-7-11)14-10-18-12-8-4-5-9-13(12)19-14/h4-5,8-9,11,14H,1-3,6-7,10H2,(H,16,17)/t14-/m1/s1. The molecule has 1 atom stereocenters. The fourth-order valence-electron chi connectivity index (χ4n) is 2.69. The molecule has 1 fully saturated rings. The first-order valence-electron chi connectivity index (χ1n) is 7.02. The normalized spacial score (nSPS) is 22.8. The number of ether oxygens (including phenoxy) is 2. The van der Waals surface area contributed by atoms with Crippen molar-refractivity contribution >= 4 is 5.91 Å². The third-order valence-electron chi connectivity index (χ3n) is 3.75. The van der Waals surface area contributed by atoms with E-state index in [-0.39, 0.29) is 12.5 Å². The highest BCUT2D eigenvalue weighted by atomic mass is 16.6. The maximum absolute atomic E-state index is 12.2. The minimum Gasteiger partial charge on any atom is -0.485 e. The van der Waals surface area contributed by atoms with Gasteiger partial charge in [0.1, 0.15) is 6.61 Å². The first-order valence-corrected chi connectivity index (χ1v) is 7.02. The third-order valence-corrected chi connectivity index (χ3v) is 3.75. The van der Waals surface area contributed by atoms with Crippen LogP contribution in [0.15, 0.2) is 24.3 Å². The number of fused-ring (bicyclic) bond motifs is 1. The second kappa shape index (κ2) is 5.51. The summed E-state index contributed by atoms with van der Waals surface area (Å²) >= 11 is 0. The molecule has 0 unspecified atom stereocenters. The number of benzene rings is 1. The van der Waals surface area contributed by atoms with Crippen LogP contribution in [0.5, 0.6) is 11.5 Å². The molecule has 1 aliphatic heterocycles. The molecule has 1 amide bonds. The van der Waals surface area contributed by atoms with Crippen molar-refractivity contribution in [1.82, 2.24) is 5.32 Å². The van der Waals surface area contributed by atoms with E-state index < -0.39 is 6.10 Å². The highest BCUT2D eigenvalue weighted by Crippen LogP contribution is 2.31. The fourth-order valence-corrected chi connectivity index (χ4v) is 2.69. The molecule has 0 bridgehead atoms. The molecule has 1 aliphatic carbocycles. The number of carbonyl (C=O) groups is 1. The van der Waals surface area contributed by atoms with E-state index in [2.05, 4.69) is 5.32 Å². The van der Waals surface area contributed by atoms with Crippen molar-refractivity contribution in [3.05, 3.63) is 24.3 Å². The molecule has 102 valence electrons. The molecule has 1 N–H and O–H groups in total. The molecule has 1 aromatic rings. The van der Waals surface area contributed by atoms with E-state index >= 15 is 0 Å². The van der Waals surface area contributed by atoms with Crippen LogP contribution < -0.4 is 14.8 Å². The predicted molar refractivity (Wildman–Crippen MR) is 71.4 cm³/mol. The van der Waals surface area contributed by atoms with Crippen molar-refractivity contribution in [2.45, 2.75) is 44.2 Å². The minimum absolute atomic E-state index is 0.0543. The second-order valence-corrected chi connectivity index (χ2v) is 5.21. The van der Waals surface area contributed by atoms with Crippen LogP contribution in [0.3, 0.4) is 0 Å². The summed E-state index contributed by atoms with van der Waals surface area (Å²) in [5, 5.41) is 3.08. The molecular weight excluding hydrogens is 242 g/mol. The number of hydrogen-bond acceptors (Lipinski definition) is 3. The van der Waals surface area contributed by atoms with Crippen molar-refractivity contribution < 1.29 is 14.3 Å². The van der Waals surface area contributed by atoms with Crippen LogP contribution in [0, 0.1) is 0 Å². The molecule has 1 heterocycles. The third kappa shape index (κ3) is 2.83. The Bertz CT molecular complexity index is 454. The van der Waals surface area contributed by atoms with Gasteiger partial charge in [-0.1, -0.05) is 31.4 Å². The Labute approximate surface area is 113 Å². The van der Waals surface area contributed by atoms with E-state index in [1.807, 2.05) is 24.3 Å². The van der Waals surface area contributed by atoms with Crippen LogP contribution in [0.1, 0.15) is 32.1 Å². The van der Waals surface area contributed by atoms with Crippen LogP contribution in [-0.4, -0.2) is 24.7 Å². The lowest BCUT2D eigenvalue weighted by molar-refractivity contribution is -0.131. The van der Waals surface area contributed by atoms with Gasteiger partial charge in [0.05, 0.1) is 0 Å². The quantitative estimate of drug-likeness (QED) is 0.888. The van der Waals surface area contributed by atoms with Gasteiger partial charge in [-0.3, -0.25) is 4.79 Å².